The minimum absolute atomic E-state index is 0.00981. The summed E-state index contributed by atoms with van der Waals surface area (Å²) in [6.45, 7) is 4.77. The van der Waals surface area contributed by atoms with Crippen LogP contribution in [0.25, 0.3) is 0 Å². The van der Waals surface area contributed by atoms with E-state index in [4.69, 9.17) is 0 Å². The predicted molar refractivity (Wildman–Crippen MR) is 98.2 cm³/mol. The van der Waals surface area contributed by atoms with Crippen LogP contribution < -0.4 is 15.5 Å². The minimum atomic E-state index is -0.0930. The molecule has 0 spiro atoms. The third-order valence-corrected chi connectivity index (χ3v) is 4.61. The highest BCUT2D eigenvalue weighted by molar-refractivity contribution is 5.74. The van der Waals surface area contributed by atoms with E-state index in [2.05, 4.69) is 39.8 Å². The molecule has 1 heterocycles. The zero-order chi connectivity index (χ0) is 16.8. The first-order chi connectivity index (χ1) is 11.7. The van der Waals surface area contributed by atoms with E-state index in [1.165, 1.54) is 5.69 Å². The highest BCUT2D eigenvalue weighted by Crippen LogP contribution is 2.22. The monoisotopic (exact) mass is 323 g/mol. The summed E-state index contributed by atoms with van der Waals surface area (Å²) in [5, 5.41) is 6.02. The molecular formula is C20H25N3O. The van der Waals surface area contributed by atoms with Gasteiger partial charge in [0.05, 0.1) is 6.04 Å². The standard InChI is InChI=1S/C20H25N3O/c1-16(18-8-4-2-5-9-18)22-20(24)21-14-17-12-13-23(15-17)19-10-6-3-7-11-19/h2-11,16-17H,12-15H2,1H3,(H2,21,22,24). The summed E-state index contributed by atoms with van der Waals surface area (Å²) in [5.74, 6) is 0.503. The van der Waals surface area contributed by atoms with Gasteiger partial charge < -0.3 is 15.5 Å². The lowest BCUT2D eigenvalue weighted by atomic mass is 10.1. The summed E-state index contributed by atoms with van der Waals surface area (Å²) in [4.78, 5) is 14.5. The van der Waals surface area contributed by atoms with Crippen LogP contribution in [-0.2, 0) is 0 Å². The normalized spacial score (nSPS) is 18.2. The molecule has 1 aliphatic rings. The van der Waals surface area contributed by atoms with E-state index in [-0.39, 0.29) is 12.1 Å². The number of carbonyl (C=O) groups excluding carboxylic acids is 1. The predicted octanol–water partition coefficient (Wildman–Crippen LogP) is 3.57. The molecule has 2 amide bonds. The van der Waals surface area contributed by atoms with Crippen LogP contribution in [0.15, 0.2) is 60.7 Å². The third-order valence-electron chi connectivity index (χ3n) is 4.61. The van der Waals surface area contributed by atoms with Gasteiger partial charge in [-0.3, -0.25) is 0 Å². The van der Waals surface area contributed by atoms with Crippen molar-refractivity contribution in [2.24, 2.45) is 5.92 Å². The highest BCUT2D eigenvalue weighted by Gasteiger charge is 2.23. The van der Waals surface area contributed by atoms with Gasteiger partial charge in [0, 0.05) is 25.3 Å². The Labute approximate surface area is 143 Å². The van der Waals surface area contributed by atoms with E-state index in [1.807, 2.05) is 43.3 Å². The van der Waals surface area contributed by atoms with Crippen LogP contribution in [0.3, 0.4) is 0 Å². The van der Waals surface area contributed by atoms with Crippen molar-refractivity contribution in [3.63, 3.8) is 0 Å². The number of hydrogen-bond acceptors (Lipinski definition) is 2. The SMILES string of the molecule is CC(NC(=O)NCC1CCN(c2ccccc2)C1)c1ccccc1. The maximum atomic E-state index is 12.1. The Balaban J connectivity index is 1.42. The van der Waals surface area contributed by atoms with Crippen molar-refractivity contribution in [1.29, 1.82) is 0 Å². The van der Waals surface area contributed by atoms with E-state index >= 15 is 0 Å². The number of nitrogens with zero attached hydrogens (tertiary/aromatic N) is 1. The van der Waals surface area contributed by atoms with E-state index in [0.717, 1.165) is 31.6 Å². The number of rotatable bonds is 5. The lowest BCUT2D eigenvalue weighted by Gasteiger charge is -2.19. The van der Waals surface area contributed by atoms with Crippen molar-refractivity contribution in [1.82, 2.24) is 10.6 Å². The Morgan fingerprint density at radius 1 is 1.12 bits per heavy atom. The summed E-state index contributed by atoms with van der Waals surface area (Å²) in [6, 6.07) is 20.4. The third kappa shape index (κ3) is 4.28. The Morgan fingerprint density at radius 2 is 1.79 bits per heavy atom. The van der Waals surface area contributed by atoms with Gasteiger partial charge in [0.15, 0.2) is 0 Å². The van der Waals surface area contributed by atoms with Crippen molar-refractivity contribution in [2.75, 3.05) is 24.5 Å². The lowest BCUT2D eigenvalue weighted by Crippen LogP contribution is -2.39. The minimum Gasteiger partial charge on any atom is -0.371 e. The maximum Gasteiger partial charge on any atom is 0.315 e. The number of nitrogens with one attached hydrogen (secondary N) is 2. The molecule has 2 unspecified atom stereocenters. The molecular weight excluding hydrogens is 298 g/mol. The fourth-order valence-corrected chi connectivity index (χ4v) is 3.18. The zero-order valence-electron chi connectivity index (χ0n) is 14.1. The van der Waals surface area contributed by atoms with Crippen LogP contribution in [0.5, 0.6) is 0 Å². The molecule has 2 N–H and O–H groups in total. The van der Waals surface area contributed by atoms with Gasteiger partial charge in [0.25, 0.3) is 0 Å². The van der Waals surface area contributed by atoms with Crippen LogP contribution in [0.4, 0.5) is 10.5 Å². The fourth-order valence-electron chi connectivity index (χ4n) is 3.18. The summed E-state index contributed by atoms with van der Waals surface area (Å²) in [6.07, 6.45) is 1.11. The van der Waals surface area contributed by atoms with E-state index in [9.17, 15) is 4.79 Å². The van der Waals surface area contributed by atoms with E-state index in [0.29, 0.717) is 5.92 Å². The van der Waals surface area contributed by atoms with E-state index in [1.54, 1.807) is 0 Å². The van der Waals surface area contributed by atoms with Gasteiger partial charge in [0.1, 0.15) is 0 Å². The zero-order valence-corrected chi connectivity index (χ0v) is 14.1. The van der Waals surface area contributed by atoms with Gasteiger partial charge in [-0.1, -0.05) is 48.5 Å². The molecule has 4 heteroatoms. The molecule has 0 aromatic heterocycles. The topological polar surface area (TPSA) is 44.4 Å². The molecule has 3 rings (SSSR count). The number of hydrogen-bond donors (Lipinski definition) is 2. The van der Waals surface area contributed by atoms with Crippen molar-refractivity contribution in [3.8, 4) is 0 Å². The smallest absolute Gasteiger partial charge is 0.315 e. The van der Waals surface area contributed by atoms with Gasteiger partial charge >= 0.3 is 6.03 Å². The van der Waals surface area contributed by atoms with Crippen LogP contribution in [0.1, 0.15) is 24.9 Å². The van der Waals surface area contributed by atoms with Crippen LogP contribution in [0.2, 0.25) is 0 Å². The Bertz CT molecular complexity index is 644. The molecule has 0 bridgehead atoms. The number of anilines is 1. The fraction of sp³-hybridized carbons (Fsp3) is 0.350. The summed E-state index contributed by atoms with van der Waals surface area (Å²) in [5.41, 5.74) is 2.38. The summed E-state index contributed by atoms with van der Waals surface area (Å²) >= 11 is 0. The first-order valence-corrected chi connectivity index (χ1v) is 8.61. The van der Waals surface area contributed by atoms with Crippen molar-refractivity contribution in [3.05, 3.63) is 66.2 Å². The van der Waals surface area contributed by atoms with Gasteiger partial charge in [0.2, 0.25) is 0 Å². The first-order valence-electron chi connectivity index (χ1n) is 8.61. The molecule has 0 saturated carbocycles. The van der Waals surface area contributed by atoms with Crippen LogP contribution in [-0.4, -0.2) is 25.7 Å². The largest absolute Gasteiger partial charge is 0.371 e. The Kier molecular flexibility index (Phi) is 5.36. The first kappa shape index (κ1) is 16.4. The average Bonchev–Trinajstić information content (AvgIpc) is 3.10. The second-order valence-electron chi connectivity index (χ2n) is 6.42. The van der Waals surface area contributed by atoms with Gasteiger partial charge in [-0.05, 0) is 37.0 Å². The Morgan fingerprint density at radius 3 is 2.50 bits per heavy atom. The van der Waals surface area contributed by atoms with Crippen molar-refractivity contribution >= 4 is 11.7 Å². The molecule has 0 aliphatic carbocycles. The molecule has 126 valence electrons. The highest BCUT2D eigenvalue weighted by atomic mass is 16.2. The molecule has 1 fully saturated rings. The quantitative estimate of drug-likeness (QED) is 0.883. The van der Waals surface area contributed by atoms with Gasteiger partial charge in [-0.25, -0.2) is 4.79 Å². The van der Waals surface area contributed by atoms with Crippen molar-refractivity contribution in [2.45, 2.75) is 19.4 Å². The molecule has 4 nitrogen and oxygen atoms in total. The van der Waals surface area contributed by atoms with Crippen molar-refractivity contribution < 1.29 is 4.79 Å². The number of urea groups is 1. The molecule has 1 aliphatic heterocycles. The molecule has 24 heavy (non-hydrogen) atoms. The number of para-hydroxylation sites is 1. The molecule has 0 radical (unpaired) electrons. The number of carbonyl (C=O) groups is 1. The summed E-state index contributed by atoms with van der Waals surface area (Å²) in [7, 11) is 0. The summed E-state index contributed by atoms with van der Waals surface area (Å²) < 4.78 is 0. The van der Waals surface area contributed by atoms with E-state index < -0.39 is 0 Å². The Hall–Kier alpha value is -2.49. The number of amides is 2. The average molecular weight is 323 g/mol. The second kappa shape index (κ2) is 7.86. The van der Waals surface area contributed by atoms with Crippen LogP contribution >= 0.6 is 0 Å². The molecule has 1 saturated heterocycles. The van der Waals surface area contributed by atoms with Gasteiger partial charge in [-0.15, -0.1) is 0 Å². The second-order valence-corrected chi connectivity index (χ2v) is 6.42. The number of benzene rings is 2. The van der Waals surface area contributed by atoms with Crippen LogP contribution in [0, 0.1) is 5.92 Å². The molecule has 2 aromatic carbocycles. The van der Waals surface area contributed by atoms with Gasteiger partial charge in [-0.2, -0.15) is 0 Å². The molecule has 2 aromatic rings. The molecule has 2 atom stereocenters. The lowest BCUT2D eigenvalue weighted by molar-refractivity contribution is 0.236. The maximum absolute atomic E-state index is 12.1.